The number of hydrogen-bond donors (Lipinski definition) is 1. The summed E-state index contributed by atoms with van der Waals surface area (Å²) in [6, 6.07) is 7.45. The van der Waals surface area contributed by atoms with Crippen molar-refractivity contribution in [2.24, 2.45) is 0 Å². The second kappa shape index (κ2) is 5.07. The van der Waals surface area contributed by atoms with Crippen molar-refractivity contribution in [2.75, 3.05) is 0 Å². The molecule has 0 bridgehead atoms. The van der Waals surface area contributed by atoms with Gasteiger partial charge in [-0.2, -0.15) is 0 Å². The molecule has 1 N–H and O–H groups in total. The minimum atomic E-state index is -0.226. The van der Waals surface area contributed by atoms with Crippen LogP contribution in [0.2, 0.25) is 5.02 Å². The third-order valence-corrected chi connectivity index (χ3v) is 3.34. The molecule has 1 aliphatic heterocycles. The zero-order valence-corrected chi connectivity index (χ0v) is 10.7. The van der Waals surface area contributed by atoms with Crippen molar-refractivity contribution in [1.29, 1.82) is 0 Å². The van der Waals surface area contributed by atoms with Crippen molar-refractivity contribution >= 4 is 17.6 Å². The lowest BCUT2D eigenvalue weighted by Crippen LogP contribution is -2.35. The number of nitrogens with one attached hydrogen (secondary N) is 1. The van der Waals surface area contributed by atoms with Gasteiger partial charge in [0.2, 0.25) is 0 Å². The number of ether oxygens (including phenoxy) is 1. The van der Waals surface area contributed by atoms with Crippen LogP contribution >= 0.6 is 11.6 Å². The van der Waals surface area contributed by atoms with E-state index in [1.807, 2.05) is 38.1 Å². The fraction of sp³-hybridized carbons (Fsp3) is 0.462. The molecule has 0 radical (unpaired) electrons. The van der Waals surface area contributed by atoms with Crippen LogP contribution < -0.4 is 5.32 Å². The monoisotopic (exact) mass is 253 g/mol. The Morgan fingerprint density at radius 1 is 1.47 bits per heavy atom. The van der Waals surface area contributed by atoms with E-state index in [1.165, 1.54) is 0 Å². The summed E-state index contributed by atoms with van der Waals surface area (Å²) in [4.78, 5) is 11.5. The third kappa shape index (κ3) is 2.79. The van der Waals surface area contributed by atoms with Crippen molar-refractivity contribution in [2.45, 2.75) is 38.5 Å². The predicted octanol–water partition coefficient (Wildman–Crippen LogP) is 2.69. The minimum absolute atomic E-state index is 0.00144. The zero-order valence-electron chi connectivity index (χ0n) is 9.94. The lowest BCUT2D eigenvalue weighted by atomic mass is 10.1. The first kappa shape index (κ1) is 12.4. The van der Waals surface area contributed by atoms with Gasteiger partial charge in [0.15, 0.2) is 0 Å². The molecule has 1 heterocycles. The number of carbonyl (C=O) groups excluding carboxylic acids is 1. The van der Waals surface area contributed by atoms with Gasteiger partial charge in [-0.15, -0.1) is 0 Å². The molecule has 2 rings (SSSR count). The molecule has 0 aromatic heterocycles. The molecular weight excluding hydrogens is 238 g/mol. The van der Waals surface area contributed by atoms with Crippen LogP contribution in [0.5, 0.6) is 0 Å². The summed E-state index contributed by atoms with van der Waals surface area (Å²) in [5.74, 6) is -0.170. The topological polar surface area (TPSA) is 38.3 Å². The van der Waals surface area contributed by atoms with E-state index >= 15 is 0 Å². The quantitative estimate of drug-likeness (QED) is 0.842. The molecule has 1 fully saturated rings. The maximum atomic E-state index is 11.5. The van der Waals surface area contributed by atoms with Gasteiger partial charge in [0.05, 0.1) is 0 Å². The Bertz CT molecular complexity index is 422. The van der Waals surface area contributed by atoms with Crippen molar-refractivity contribution in [3.05, 3.63) is 34.9 Å². The van der Waals surface area contributed by atoms with E-state index in [2.05, 4.69) is 5.32 Å². The summed E-state index contributed by atoms with van der Waals surface area (Å²) in [6.45, 7) is 3.90. The highest BCUT2D eigenvalue weighted by Crippen LogP contribution is 2.24. The number of carbonyl (C=O) groups is 1. The lowest BCUT2D eigenvalue weighted by molar-refractivity contribution is -0.142. The van der Waals surface area contributed by atoms with Crippen molar-refractivity contribution in [3.63, 3.8) is 0 Å². The molecule has 1 aliphatic rings. The van der Waals surface area contributed by atoms with Gasteiger partial charge in [-0.25, -0.2) is 0 Å². The SMILES string of the molecule is C[C@@H]1C[C@@H](N[C@@H](C)c2ccccc2Cl)C(=O)O1. The third-order valence-electron chi connectivity index (χ3n) is 2.99. The highest BCUT2D eigenvalue weighted by Gasteiger charge is 2.32. The van der Waals surface area contributed by atoms with E-state index in [0.29, 0.717) is 11.4 Å². The molecule has 0 aliphatic carbocycles. The fourth-order valence-corrected chi connectivity index (χ4v) is 2.41. The number of esters is 1. The molecule has 92 valence electrons. The number of halogens is 1. The van der Waals surface area contributed by atoms with Crippen molar-refractivity contribution in [1.82, 2.24) is 5.32 Å². The molecule has 3 atom stereocenters. The first-order valence-corrected chi connectivity index (χ1v) is 6.16. The first-order valence-electron chi connectivity index (χ1n) is 5.79. The number of benzene rings is 1. The maximum Gasteiger partial charge on any atom is 0.323 e. The average Bonchev–Trinajstić information content (AvgIpc) is 2.58. The molecule has 4 heteroatoms. The molecule has 0 saturated carbocycles. The van der Waals surface area contributed by atoms with Crippen molar-refractivity contribution in [3.8, 4) is 0 Å². The average molecular weight is 254 g/mol. The number of hydrogen-bond acceptors (Lipinski definition) is 3. The van der Waals surface area contributed by atoms with Crippen LogP contribution in [-0.4, -0.2) is 18.1 Å². The van der Waals surface area contributed by atoms with Crippen LogP contribution in [0.3, 0.4) is 0 Å². The lowest BCUT2D eigenvalue weighted by Gasteiger charge is -2.18. The maximum absolute atomic E-state index is 11.5. The number of rotatable bonds is 3. The molecule has 17 heavy (non-hydrogen) atoms. The molecule has 0 unspecified atom stereocenters. The van der Waals surface area contributed by atoms with Gasteiger partial charge < -0.3 is 4.74 Å². The Balaban J connectivity index is 2.05. The van der Waals surface area contributed by atoms with Gasteiger partial charge in [-0.3, -0.25) is 10.1 Å². The second-order valence-electron chi connectivity index (χ2n) is 4.45. The Morgan fingerprint density at radius 2 is 2.18 bits per heavy atom. The van der Waals surface area contributed by atoms with Gasteiger partial charge in [0, 0.05) is 17.5 Å². The van der Waals surface area contributed by atoms with Crippen LogP contribution in [0.1, 0.15) is 31.9 Å². The molecule has 3 nitrogen and oxygen atoms in total. The zero-order chi connectivity index (χ0) is 12.4. The molecule has 1 saturated heterocycles. The van der Waals surface area contributed by atoms with E-state index in [0.717, 1.165) is 5.56 Å². The van der Waals surface area contributed by atoms with E-state index in [-0.39, 0.29) is 24.2 Å². The Hall–Kier alpha value is -1.06. The summed E-state index contributed by atoms with van der Waals surface area (Å²) in [5.41, 5.74) is 1.00. The molecule has 0 amide bonds. The van der Waals surface area contributed by atoms with Gasteiger partial charge in [0.1, 0.15) is 12.1 Å². The predicted molar refractivity (Wildman–Crippen MR) is 67.0 cm³/mol. The fourth-order valence-electron chi connectivity index (χ4n) is 2.11. The van der Waals surface area contributed by atoms with Crippen LogP contribution in [0.25, 0.3) is 0 Å². The molecule has 1 aromatic carbocycles. The van der Waals surface area contributed by atoms with Crippen LogP contribution in [0.15, 0.2) is 24.3 Å². The van der Waals surface area contributed by atoms with E-state index in [9.17, 15) is 4.79 Å². The number of cyclic esters (lactones) is 1. The Kier molecular flexibility index (Phi) is 3.69. The van der Waals surface area contributed by atoms with Crippen LogP contribution in [0.4, 0.5) is 0 Å². The summed E-state index contributed by atoms with van der Waals surface area (Å²) in [6.07, 6.45) is 0.714. The minimum Gasteiger partial charge on any atom is -0.461 e. The van der Waals surface area contributed by atoms with Crippen molar-refractivity contribution < 1.29 is 9.53 Å². The van der Waals surface area contributed by atoms with E-state index in [1.54, 1.807) is 0 Å². The highest BCUT2D eigenvalue weighted by molar-refractivity contribution is 6.31. The standard InChI is InChI=1S/C13H16ClNO2/c1-8-7-12(13(16)17-8)15-9(2)10-5-3-4-6-11(10)14/h3-6,8-9,12,15H,7H2,1-2H3/t8-,9+,12-/m1/s1. The highest BCUT2D eigenvalue weighted by atomic mass is 35.5. The van der Waals surface area contributed by atoms with Gasteiger partial charge in [0.25, 0.3) is 0 Å². The van der Waals surface area contributed by atoms with Crippen LogP contribution in [-0.2, 0) is 9.53 Å². The molecule has 1 aromatic rings. The Labute approximate surface area is 106 Å². The first-order chi connectivity index (χ1) is 8.08. The normalized spacial score (nSPS) is 25.7. The second-order valence-corrected chi connectivity index (χ2v) is 4.85. The van der Waals surface area contributed by atoms with E-state index in [4.69, 9.17) is 16.3 Å². The molecule has 0 spiro atoms. The smallest absolute Gasteiger partial charge is 0.323 e. The van der Waals surface area contributed by atoms with Gasteiger partial charge in [-0.1, -0.05) is 29.8 Å². The summed E-state index contributed by atoms with van der Waals surface area (Å²) >= 11 is 6.11. The summed E-state index contributed by atoms with van der Waals surface area (Å²) in [7, 11) is 0. The molecular formula is C13H16ClNO2. The van der Waals surface area contributed by atoms with E-state index < -0.39 is 0 Å². The largest absolute Gasteiger partial charge is 0.461 e. The Morgan fingerprint density at radius 3 is 2.76 bits per heavy atom. The van der Waals surface area contributed by atoms with Crippen LogP contribution in [0, 0.1) is 0 Å². The summed E-state index contributed by atoms with van der Waals surface area (Å²) in [5, 5.41) is 3.97. The van der Waals surface area contributed by atoms with Gasteiger partial charge >= 0.3 is 5.97 Å². The van der Waals surface area contributed by atoms with Gasteiger partial charge in [-0.05, 0) is 25.5 Å². The summed E-state index contributed by atoms with van der Waals surface area (Å²) < 4.78 is 5.11.